The van der Waals surface area contributed by atoms with Crippen LogP contribution in [0.15, 0.2) is 78.9 Å². The van der Waals surface area contributed by atoms with Crippen molar-refractivity contribution in [1.82, 2.24) is 10.2 Å². The van der Waals surface area contributed by atoms with Gasteiger partial charge in [-0.1, -0.05) is 103 Å². The molecule has 2 amide bonds. The van der Waals surface area contributed by atoms with Crippen molar-refractivity contribution in [2.24, 2.45) is 0 Å². The smallest absolute Gasteiger partial charge is 0.243 e. The highest BCUT2D eigenvalue weighted by molar-refractivity contribution is 6.31. The molecule has 1 aliphatic carbocycles. The second kappa shape index (κ2) is 12.7. The quantitative estimate of drug-likeness (QED) is 0.354. The first-order chi connectivity index (χ1) is 17.5. The van der Waals surface area contributed by atoms with Crippen molar-refractivity contribution in [3.63, 3.8) is 0 Å². The molecule has 0 radical (unpaired) electrons. The molecule has 0 aromatic heterocycles. The number of carbonyl (C=O) groups is 2. The maximum atomic E-state index is 13.8. The fourth-order valence-corrected chi connectivity index (χ4v) is 5.13. The van der Waals surface area contributed by atoms with Crippen LogP contribution >= 0.6 is 11.6 Å². The molecule has 188 valence electrons. The van der Waals surface area contributed by atoms with Gasteiger partial charge in [-0.15, -0.1) is 0 Å². The van der Waals surface area contributed by atoms with Crippen LogP contribution in [0.25, 0.3) is 0 Å². The van der Waals surface area contributed by atoms with E-state index in [0.717, 1.165) is 47.9 Å². The van der Waals surface area contributed by atoms with Crippen LogP contribution in [0.2, 0.25) is 5.02 Å². The molecule has 0 bridgehead atoms. The van der Waals surface area contributed by atoms with Crippen LogP contribution in [0.4, 0.5) is 0 Å². The Kier molecular flexibility index (Phi) is 9.18. The molecule has 4 rings (SSSR count). The van der Waals surface area contributed by atoms with Crippen LogP contribution in [0.5, 0.6) is 0 Å². The molecule has 0 saturated heterocycles. The molecule has 3 aromatic carbocycles. The predicted molar refractivity (Wildman–Crippen MR) is 146 cm³/mol. The van der Waals surface area contributed by atoms with Gasteiger partial charge in [-0.3, -0.25) is 9.59 Å². The van der Waals surface area contributed by atoms with E-state index in [9.17, 15) is 9.59 Å². The fraction of sp³-hybridized carbons (Fsp3) is 0.355. The number of aryl methyl sites for hydroxylation is 2. The molecule has 1 aliphatic rings. The summed E-state index contributed by atoms with van der Waals surface area (Å²) in [4.78, 5) is 29.2. The molecule has 4 nitrogen and oxygen atoms in total. The summed E-state index contributed by atoms with van der Waals surface area (Å²) in [7, 11) is 0. The molecule has 1 N–H and O–H groups in total. The minimum Gasteiger partial charge on any atom is -0.352 e. The number of benzene rings is 3. The molecule has 1 atom stereocenters. The molecule has 36 heavy (non-hydrogen) atoms. The Morgan fingerprint density at radius 3 is 2.28 bits per heavy atom. The molecular formula is C31H35ClN2O2. The summed E-state index contributed by atoms with van der Waals surface area (Å²) in [6, 6.07) is 25.4. The van der Waals surface area contributed by atoms with Crippen LogP contribution in [0.3, 0.4) is 0 Å². The van der Waals surface area contributed by atoms with E-state index in [2.05, 4.69) is 5.32 Å². The van der Waals surface area contributed by atoms with Gasteiger partial charge in [-0.2, -0.15) is 0 Å². The highest BCUT2D eigenvalue weighted by atomic mass is 35.5. The number of nitrogens with one attached hydrogen (secondary N) is 1. The maximum absolute atomic E-state index is 13.8. The van der Waals surface area contributed by atoms with E-state index in [1.165, 1.54) is 0 Å². The monoisotopic (exact) mass is 502 g/mol. The number of amides is 2. The van der Waals surface area contributed by atoms with Crippen LogP contribution < -0.4 is 5.32 Å². The number of carbonyl (C=O) groups excluding carboxylic acids is 2. The maximum Gasteiger partial charge on any atom is 0.243 e. The van der Waals surface area contributed by atoms with Gasteiger partial charge < -0.3 is 10.2 Å². The van der Waals surface area contributed by atoms with Gasteiger partial charge in [0.15, 0.2) is 0 Å². The van der Waals surface area contributed by atoms with Gasteiger partial charge in [0.25, 0.3) is 0 Å². The Morgan fingerprint density at radius 1 is 0.917 bits per heavy atom. The zero-order chi connectivity index (χ0) is 25.3. The fourth-order valence-electron chi connectivity index (χ4n) is 4.90. The Bertz CT molecular complexity index is 1140. The molecule has 1 unspecified atom stereocenters. The van der Waals surface area contributed by atoms with Crippen LogP contribution in [0.1, 0.15) is 54.4 Å². The van der Waals surface area contributed by atoms with E-state index in [0.29, 0.717) is 24.4 Å². The molecule has 3 aromatic rings. The normalized spacial score (nSPS) is 14.4. The lowest BCUT2D eigenvalue weighted by Crippen LogP contribution is -2.52. The Hall–Kier alpha value is -3.11. The molecular weight excluding hydrogens is 468 g/mol. The summed E-state index contributed by atoms with van der Waals surface area (Å²) in [6.45, 7) is 2.43. The largest absolute Gasteiger partial charge is 0.352 e. The molecule has 0 heterocycles. The second-order valence-corrected chi connectivity index (χ2v) is 10.2. The number of hydrogen-bond donors (Lipinski definition) is 1. The van der Waals surface area contributed by atoms with E-state index in [1.54, 1.807) is 4.90 Å². The summed E-state index contributed by atoms with van der Waals surface area (Å²) >= 11 is 6.36. The molecule has 0 spiro atoms. The summed E-state index contributed by atoms with van der Waals surface area (Å²) in [5, 5.41) is 3.92. The van der Waals surface area contributed by atoms with Crippen molar-refractivity contribution in [2.75, 3.05) is 0 Å². The summed E-state index contributed by atoms with van der Waals surface area (Å²) in [5.41, 5.74) is 4.16. The van der Waals surface area contributed by atoms with Gasteiger partial charge in [0, 0.05) is 30.5 Å². The van der Waals surface area contributed by atoms with Crippen molar-refractivity contribution in [2.45, 2.75) is 70.5 Å². The predicted octanol–water partition coefficient (Wildman–Crippen LogP) is 6.28. The van der Waals surface area contributed by atoms with Gasteiger partial charge >= 0.3 is 0 Å². The Labute approximate surface area is 219 Å². The third-order valence-corrected chi connectivity index (χ3v) is 7.38. The van der Waals surface area contributed by atoms with Crippen LogP contribution in [-0.2, 0) is 29.0 Å². The van der Waals surface area contributed by atoms with Crippen LogP contribution in [-0.4, -0.2) is 28.8 Å². The van der Waals surface area contributed by atoms with Gasteiger partial charge in [-0.25, -0.2) is 0 Å². The second-order valence-electron chi connectivity index (χ2n) is 9.79. The average molecular weight is 503 g/mol. The highest BCUT2D eigenvalue weighted by Gasteiger charge is 2.32. The average Bonchev–Trinajstić information content (AvgIpc) is 3.40. The standard InChI is InChI=1S/C31H35ClN2O2/c1-23-15-17-25(18-16-23)22-34(30(35)20-19-26-11-5-8-14-28(26)32)29(21-24-9-3-2-4-10-24)31(36)33-27-12-6-7-13-27/h2-5,8-11,14-18,27,29H,6-7,12-13,19-22H2,1H3,(H,33,36). The lowest BCUT2D eigenvalue weighted by molar-refractivity contribution is -0.141. The Balaban J connectivity index is 1.61. The molecule has 0 aliphatic heterocycles. The minimum atomic E-state index is -0.590. The lowest BCUT2D eigenvalue weighted by Gasteiger charge is -2.32. The molecule has 1 saturated carbocycles. The third kappa shape index (κ3) is 7.20. The van der Waals surface area contributed by atoms with E-state index in [1.807, 2.05) is 85.8 Å². The van der Waals surface area contributed by atoms with Crippen molar-refractivity contribution in [1.29, 1.82) is 0 Å². The molecule has 5 heteroatoms. The first-order valence-corrected chi connectivity index (χ1v) is 13.3. The minimum absolute atomic E-state index is 0.0435. The highest BCUT2D eigenvalue weighted by Crippen LogP contribution is 2.22. The first-order valence-electron chi connectivity index (χ1n) is 12.9. The SMILES string of the molecule is Cc1ccc(CN(C(=O)CCc2ccccc2Cl)C(Cc2ccccc2)C(=O)NC2CCCC2)cc1. The van der Waals surface area contributed by atoms with Crippen molar-refractivity contribution >= 4 is 23.4 Å². The summed E-state index contributed by atoms with van der Waals surface area (Å²) in [5.74, 6) is -0.109. The number of nitrogens with zero attached hydrogens (tertiary/aromatic N) is 1. The summed E-state index contributed by atoms with van der Waals surface area (Å²) in [6.07, 6.45) is 5.58. The van der Waals surface area contributed by atoms with Crippen molar-refractivity contribution < 1.29 is 9.59 Å². The number of halogens is 1. The zero-order valence-electron chi connectivity index (χ0n) is 21.0. The first kappa shape index (κ1) is 26.0. The van der Waals surface area contributed by atoms with E-state index in [4.69, 9.17) is 11.6 Å². The van der Waals surface area contributed by atoms with Gasteiger partial charge in [0.1, 0.15) is 6.04 Å². The van der Waals surface area contributed by atoms with Crippen LogP contribution in [0, 0.1) is 6.92 Å². The van der Waals surface area contributed by atoms with Crippen molar-refractivity contribution in [3.8, 4) is 0 Å². The van der Waals surface area contributed by atoms with Gasteiger partial charge in [0.05, 0.1) is 0 Å². The van der Waals surface area contributed by atoms with E-state index in [-0.39, 0.29) is 24.3 Å². The molecule has 1 fully saturated rings. The van der Waals surface area contributed by atoms with Gasteiger partial charge in [-0.05, 0) is 48.9 Å². The van der Waals surface area contributed by atoms with Gasteiger partial charge in [0.2, 0.25) is 11.8 Å². The number of hydrogen-bond acceptors (Lipinski definition) is 2. The van der Waals surface area contributed by atoms with E-state index < -0.39 is 6.04 Å². The lowest BCUT2D eigenvalue weighted by atomic mass is 10.0. The number of rotatable bonds is 10. The Morgan fingerprint density at radius 2 is 1.58 bits per heavy atom. The van der Waals surface area contributed by atoms with Crippen molar-refractivity contribution in [3.05, 3.63) is 106 Å². The third-order valence-electron chi connectivity index (χ3n) is 7.01. The topological polar surface area (TPSA) is 49.4 Å². The summed E-state index contributed by atoms with van der Waals surface area (Å²) < 4.78 is 0. The zero-order valence-corrected chi connectivity index (χ0v) is 21.7. The van der Waals surface area contributed by atoms with E-state index >= 15 is 0 Å².